The van der Waals surface area contributed by atoms with Crippen molar-refractivity contribution in [2.75, 3.05) is 44.8 Å². The number of hydrogen-bond donors (Lipinski definition) is 0. The molecule has 166 valence electrons. The average Bonchev–Trinajstić information content (AvgIpc) is 2.85. The van der Waals surface area contributed by atoms with Crippen molar-refractivity contribution in [3.63, 3.8) is 0 Å². The molecule has 7 heteroatoms. The highest BCUT2D eigenvalue weighted by atomic mass is 16.5. The zero-order chi connectivity index (χ0) is 22.3. The lowest BCUT2D eigenvalue weighted by Crippen LogP contribution is -2.49. The van der Waals surface area contributed by atoms with Crippen LogP contribution in [0.3, 0.4) is 0 Å². The SMILES string of the molecule is CCOc1ccc(CC(=O)N2CCN(c3cc(-c4ccc(OC)cc4)ncn3)CC2)cc1. The fourth-order valence-electron chi connectivity index (χ4n) is 3.78. The fraction of sp³-hybridized carbons (Fsp3) is 0.320. The van der Waals surface area contributed by atoms with Gasteiger partial charge in [-0.2, -0.15) is 0 Å². The molecular weight excluding hydrogens is 404 g/mol. The summed E-state index contributed by atoms with van der Waals surface area (Å²) < 4.78 is 10.7. The Morgan fingerprint density at radius 2 is 1.62 bits per heavy atom. The number of anilines is 1. The van der Waals surface area contributed by atoms with Crippen molar-refractivity contribution in [3.8, 4) is 22.8 Å². The van der Waals surface area contributed by atoms with E-state index < -0.39 is 0 Å². The van der Waals surface area contributed by atoms with Crippen molar-refractivity contribution in [1.82, 2.24) is 14.9 Å². The van der Waals surface area contributed by atoms with E-state index in [1.807, 2.05) is 66.4 Å². The van der Waals surface area contributed by atoms with Crippen LogP contribution in [0.2, 0.25) is 0 Å². The molecule has 0 N–H and O–H groups in total. The standard InChI is InChI=1S/C25H28N4O3/c1-3-32-22-8-4-19(5-9-22)16-25(30)29-14-12-28(13-15-29)24-17-23(26-18-27-24)20-6-10-21(31-2)11-7-20/h4-11,17-18H,3,12-16H2,1-2H3. The van der Waals surface area contributed by atoms with Crippen molar-refractivity contribution in [1.29, 1.82) is 0 Å². The van der Waals surface area contributed by atoms with Crippen molar-refractivity contribution >= 4 is 11.7 Å². The van der Waals surface area contributed by atoms with E-state index >= 15 is 0 Å². The van der Waals surface area contributed by atoms with Gasteiger partial charge in [0.05, 0.1) is 25.8 Å². The van der Waals surface area contributed by atoms with Crippen molar-refractivity contribution in [2.45, 2.75) is 13.3 Å². The Hall–Kier alpha value is -3.61. The summed E-state index contributed by atoms with van der Waals surface area (Å²) in [6, 6.07) is 17.6. The number of aromatic nitrogens is 2. The van der Waals surface area contributed by atoms with Crippen LogP contribution in [-0.2, 0) is 11.2 Å². The zero-order valence-electron chi connectivity index (χ0n) is 18.5. The van der Waals surface area contributed by atoms with E-state index in [1.54, 1.807) is 13.4 Å². The summed E-state index contributed by atoms with van der Waals surface area (Å²) in [7, 11) is 1.65. The number of carbonyl (C=O) groups excluding carboxylic acids is 1. The second kappa shape index (κ2) is 10.1. The minimum absolute atomic E-state index is 0.149. The zero-order valence-corrected chi connectivity index (χ0v) is 18.5. The Bertz CT molecular complexity index is 1030. The topological polar surface area (TPSA) is 67.8 Å². The van der Waals surface area contributed by atoms with Crippen LogP contribution in [-0.4, -0.2) is 60.7 Å². The van der Waals surface area contributed by atoms with Crippen molar-refractivity contribution in [3.05, 3.63) is 66.5 Å². The monoisotopic (exact) mass is 432 g/mol. The van der Waals surface area contributed by atoms with Gasteiger partial charge >= 0.3 is 0 Å². The summed E-state index contributed by atoms with van der Waals surface area (Å²) in [5.41, 5.74) is 2.88. The summed E-state index contributed by atoms with van der Waals surface area (Å²) in [5, 5.41) is 0. The lowest BCUT2D eigenvalue weighted by molar-refractivity contribution is -0.130. The molecule has 2 aromatic carbocycles. The quantitative estimate of drug-likeness (QED) is 0.570. The van der Waals surface area contributed by atoms with Crippen LogP contribution in [0.4, 0.5) is 5.82 Å². The Kier molecular flexibility index (Phi) is 6.84. The molecular formula is C25H28N4O3. The van der Waals surface area contributed by atoms with Gasteiger partial charge in [0.15, 0.2) is 0 Å². The molecule has 7 nitrogen and oxygen atoms in total. The molecule has 32 heavy (non-hydrogen) atoms. The van der Waals surface area contributed by atoms with Gasteiger partial charge in [0.2, 0.25) is 5.91 Å². The number of benzene rings is 2. The van der Waals surface area contributed by atoms with Crippen LogP contribution < -0.4 is 14.4 Å². The number of amides is 1. The van der Waals surface area contributed by atoms with Crippen LogP contribution in [0.1, 0.15) is 12.5 Å². The fourth-order valence-corrected chi connectivity index (χ4v) is 3.78. The first-order valence-electron chi connectivity index (χ1n) is 10.9. The molecule has 0 aliphatic carbocycles. The van der Waals surface area contributed by atoms with E-state index in [2.05, 4.69) is 14.9 Å². The Morgan fingerprint density at radius 1 is 0.938 bits per heavy atom. The third kappa shape index (κ3) is 5.17. The molecule has 1 aliphatic heterocycles. The lowest BCUT2D eigenvalue weighted by Gasteiger charge is -2.35. The number of ether oxygens (including phenoxy) is 2. The third-order valence-corrected chi connectivity index (χ3v) is 5.58. The molecule has 1 aromatic heterocycles. The predicted octanol–water partition coefficient (Wildman–Crippen LogP) is 3.44. The van der Waals surface area contributed by atoms with Crippen molar-refractivity contribution in [2.24, 2.45) is 0 Å². The normalized spacial score (nSPS) is 13.7. The number of carbonyl (C=O) groups is 1. The molecule has 0 radical (unpaired) electrons. The first-order chi connectivity index (χ1) is 15.7. The van der Waals surface area contributed by atoms with E-state index in [0.717, 1.165) is 47.2 Å². The van der Waals surface area contributed by atoms with E-state index in [9.17, 15) is 4.79 Å². The highest BCUT2D eigenvalue weighted by Crippen LogP contribution is 2.24. The van der Waals surface area contributed by atoms with Crippen LogP contribution in [0.15, 0.2) is 60.9 Å². The van der Waals surface area contributed by atoms with Gasteiger partial charge in [0.25, 0.3) is 0 Å². The van der Waals surface area contributed by atoms with Crippen LogP contribution in [0.25, 0.3) is 11.3 Å². The Labute approximate surface area is 188 Å². The number of rotatable bonds is 7. The highest BCUT2D eigenvalue weighted by Gasteiger charge is 2.22. The molecule has 2 heterocycles. The van der Waals surface area contributed by atoms with Gasteiger partial charge in [-0.3, -0.25) is 4.79 Å². The molecule has 0 bridgehead atoms. The van der Waals surface area contributed by atoms with Gasteiger partial charge in [-0.05, 0) is 48.9 Å². The van der Waals surface area contributed by atoms with Gasteiger partial charge in [-0.15, -0.1) is 0 Å². The highest BCUT2D eigenvalue weighted by molar-refractivity contribution is 5.79. The lowest BCUT2D eigenvalue weighted by atomic mass is 10.1. The smallest absolute Gasteiger partial charge is 0.227 e. The number of nitrogens with zero attached hydrogens (tertiary/aromatic N) is 4. The molecule has 0 spiro atoms. The molecule has 1 saturated heterocycles. The molecule has 4 rings (SSSR count). The van der Waals surface area contributed by atoms with Gasteiger partial charge in [-0.25, -0.2) is 9.97 Å². The number of hydrogen-bond acceptors (Lipinski definition) is 6. The second-order valence-electron chi connectivity index (χ2n) is 7.61. The largest absolute Gasteiger partial charge is 0.497 e. The minimum atomic E-state index is 0.149. The van der Waals surface area contributed by atoms with Gasteiger partial charge in [0, 0.05) is 37.8 Å². The van der Waals surface area contributed by atoms with Gasteiger partial charge in [-0.1, -0.05) is 12.1 Å². The molecule has 0 unspecified atom stereocenters. The summed E-state index contributed by atoms with van der Waals surface area (Å²) in [5.74, 6) is 2.67. The number of methoxy groups -OCH3 is 1. The molecule has 0 atom stereocenters. The molecule has 0 saturated carbocycles. The summed E-state index contributed by atoms with van der Waals surface area (Å²) in [4.78, 5) is 25.8. The maximum atomic E-state index is 12.8. The summed E-state index contributed by atoms with van der Waals surface area (Å²) in [6.07, 6.45) is 2.00. The van der Waals surface area contributed by atoms with Crippen LogP contribution in [0, 0.1) is 0 Å². The second-order valence-corrected chi connectivity index (χ2v) is 7.61. The van der Waals surface area contributed by atoms with Crippen LogP contribution in [0.5, 0.6) is 11.5 Å². The van der Waals surface area contributed by atoms with E-state index in [4.69, 9.17) is 9.47 Å². The third-order valence-electron chi connectivity index (χ3n) is 5.58. The molecule has 1 fully saturated rings. The molecule has 3 aromatic rings. The van der Waals surface area contributed by atoms with Crippen molar-refractivity contribution < 1.29 is 14.3 Å². The van der Waals surface area contributed by atoms with Gasteiger partial charge in [0.1, 0.15) is 23.6 Å². The average molecular weight is 433 g/mol. The maximum absolute atomic E-state index is 12.8. The van der Waals surface area contributed by atoms with E-state index in [-0.39, 0.29) is 5.91 Å². The Balaban J connectivity index is 1.34. The predicted molar refractivity (Wildman–Crippen MR) is 124 cm³/mol. The first kappa shape index (κ1) is 21.6. The maximum Gasteiger partial charge on any atom is 0.227 e. The Morgan fingerprint density at radius 3 is 2.28 bits per heavy atom. The summed E-state index contributed by atoms with van der Waals surface area (Å²) >= 11 is 0. The summed E-state index contributed by atoms with van der Waals surface area (Å²) in [6.45, 7) is 5.44. The first-order valence-corrected chi connectivity index (χ1v) is 10.9. The van der Waals surface area contributed by atoms with Crippen LogP contribution >= 0.6 is 0 Å². The van der Waals surface area contributed by atoms with E-state index in [1.165, 1.54) is 0 Å². The van der Waals surface area contributed by atoms with E-state index in [0.29, 0.717) is 26.1 Å². The van der Waals surface area contributed by atoms with Gasteiger partial charge < -0.3 is 19.3 Å². The minimum Gasteiger partial charge on any atom is -0.497 e. The molecule has 1 aliphatic rings. The molecule has 1 amide bonds. The number of piperazine rings is 1.